The number of methoxy groups -OCH3 is 2. The Morgan fingerprint density at radius 1 is 1.04 bits per heavy atom. The molecule has 0 amide bonds. The summed E-state index contributed by atoms with van der Waals surface area (Å²) in [5.41, 5.74) is -0.443. The predicted molar refractivity (Wildman–Crippen MR) is 77.6 cm³/mol. The minimum absolute atomic E-state index is 0.0706. The maximum absolute atomic E-state index is 13.2. The molecule has 0 aliphatic rings. The maximum Gasteiger partial charge on any atom is 0.343 e. The average molecular weight is 321 g/mol. The van der Waals surface area contributed by atoms with Gasteiger partial charge in [-0.15, -0.1) is 0 Å². The third kappa shape index (κ3) is 3.54. The van der Waals surface area contributed by atoms with Gasteiger partial charge in [-0.2, -0.15) is 0 Å². The Labute approximate surface area is 130 Å². The highest BCUT2D eigenvalue weighted by Crippen LogP contribution is 2.30. The maximum atomic E-state index is 13.2. The van der Waals surface area contributed by atoms with E-state index in [4.69, 9.17) is 14.2 Å². The van der Waals surface area contributed by atoms with Gasteiger partial charge in [0.2, 0.25) is 5.75 Å². The normalized spacial score (nSPS) is 10.0. The van der Waals surface area contributed by atoms with Crippen LogP contribution in [0.1, 0.15) is 10.4 Å². The lowest BCUT2D eigenvalue weighted by molar-refractivity contribution is -0.385. The van der Waals surface area contributed by atoms with Gasteiger partial charge in [0.1, 0.15) is 5.82 Å². The molecule has 2 aromatic rings. The summed E-state index contributed by atoms with van der Waals surface area (Å²) in [6.45, 7) is 0. The van der Waals surface area contributed by atoms with Crippen LogP contribution >= 0.6 is 0 Å². The molecular weight excluding hydrogens is 309 g/mol. The molecule has 2 aromatic carbocycles. The van der Waals surface area contributed by atoms with Gasteiger partial charge in [-0.1, -0.05) is 0 Å². The third-order valence-corrected chi connectivity index (χ3v) is 2.94. The lowest BCUT2D eigenvalue weighted by Crippen LogP contribution is -2.10. The van der Waals surface area contributed by atoms with Gasteiger partial charge in [0, 0.05) is 12.1 Å². The Kier molecular flexibility index (Phi) is 4.75. The van der Waals surface area contributed by atoms with Gasteiger partial charge in [0.25, 0.3) is 0 Å². The molecule has 0 unspecified atom stereocenters. The lowest BCUT2D eigenvalue weighted by atomic mass is 10.2. The van der Waals surface area contributed by atoms with Gasteiger partial charge in [0.15, 0.2) is 11.5 Å². The van der Waals surface area contributed by atoms with Crippen LogP contribution in [0.2, 0.25) is 0 Å². The monoisotopic (exact) mass is 321 g/mol. The quantitative estimate of drug-likeness (QED) is 0.364. The number of esters is 1. The molecule has 0 heterocycles. The molecule has 0 N–H and O–H groups in total. The number of ether oxygens (including phenoxy) is 3. The first-order chi connectivity index (χ1) is 11.0. The molecule has 7 nitrogen and oxygen atoms in total. The van der Waals surface area contributed by atoms with Crippen LogP contribution in [0.5, 0.6) is 17.2 Å². The first kappa shape index (κ1) is 16.2. The molecule has 0 atom stereocenters. The molecule has 0 aromatic heterocycles. The molecule has 23 heavy (non-hydrogen) atoms. The zero-order chi connectivity index (χ0) is 17.0. The van der Waals surface area contributed by atoms with Crippen LogP contribution in [0.25, 0.3) is 0 Å². The highest BCUT2D eigenvalue weighted by atomic mass is 19.1. The Balaban J connectivity index is 2.33. The van der Waals surface area contributed by atoms with Gasteiger partial charge in [-0.05, 0) is 24.3 Å². The van der Waals surface area contributed by atoms with Gasteiger partial charge in [0.05, 0.1) is 24.7 Å². The summed E-state index contributed by atoms with van der Waals surface area (Å²) in [5.74, 6) is -1.43. The van der Waals surface area contributed by atoms with E-state index in [9.17, 15) is 19.3 Å². The van der Waals surface area contributed by atoms with Gasteiger partial charge >= 0.3 is 11.7 Å². The average Bonchev–Trinajstić information content (AvgIpc) is 2.53. The van der Waals surface area contributed by atoms with Crippen molar-refractivity contribution in [1.29, 1.82) is 0 Å². The van der Waals surface area contributed by atoms with Gasteiger partial charge in [-0.25, -0.2) is 9.18 Å². The second-order valence-corrected chi connectivity index (χ2v) is 4.33. The van der Waals surface area contributed by atoms with Crippen LogP contribution in [-0.4, -0.2) is 25.1 Å². The van der Waals surface area contributed by atoms with Crippen LogP contribution in [0, 0.1) is 15.9 Å². The molecule has 0 aliphatic carbocycles. The number of carbonyl (C=O) groups excluding carboxylic acids is 1. The van der Waals surface area contributed by atoms with E-state index in [-0.39, 0.29) is 11.3 Å². The standard InChI is InChI=1S/C15H12FNO6/c1-21-12-6-3-9(7-14(12)22-2)15(18)23-13-8-10(16)4-5-11(13)17(19)20/h3-8H,1-2H3. The molecule has 0 radical (unpaired) electrons. The van der Waals surface area contributed by atoms with E-state index in [0.717, 1.165) is 18.2 Å². The SMILES string of the molecule is COc1ccc(C(=O)Oc2cc(F)ccc2[N+](=O)[O-])cc1OC. The van der Waals surface area contributed by atoms with E-state index in [1.165, 1.54) is 32.4 Å². The van der Waals surface area contributed by atoms with Gasteiger partial charge < -0.3 is 14.2 Å². The smallest absolute Gasteiger partial charge is 0.343 e. The van der Waals surface area contributed by atoms with Crippen molar-refractivity contribution in [1.82, 2.24) is 0 Å². The second kappa shape index (κ2) is 6.73. The van der Waals surface area contributed by atoms with E-state index < -0.39 is 28.1 Å². The predicted octanol–water partition coefficient (Wildman–Crippen LogP) is 2.97. The number of rotatable bonds is 5. The molecule has 0 spiro atoms. The Morgan fingerprint density at radius 2 is 1.74 bits per heavy atom. The fourth-order valence-electron chi connectivity index (χ4n) is 1.84. The molecule has 0 saturated heterocycles. The van der Waals surface area contributed by atoms with Crippen molar-refractivity contribution in [3.63, 3.8) is 0 Å². The summed E-state index contributed by atoms with van der Waals surface area (Å²) in [4.78, 5) is 22.2. The summed E-state index contributed by atoms with van der Waals surface area (Å²) in [6.07, 6.45) is 0. The van der Waals surface area contributed by atoms with Crippen molar-refractivity contribution in [2.75, 3.05) is 14.2 Å². The number of carbonyl (C=O) groups is 1. The van der Waals surface area contributed by atoms with Crippen LogP contribution in [0.15, 0.2) is 36.4 Å². The highest BCUT2D eigenvalue weighted by molar-refractivity contribution is 5.92. The summed E-state index contributed by atoms with van der Waals surface area (Å²) < 4.78 is 28.3. The summed E-state index contributed by atoms with van der Waals surface area (Å²) >= 11 is 0. The van der Waals surface area contributed by atoms with Gasteiger partial charge in [-0.3, -0.25) is 10.1 Å². The molecule has 0 bridgehead atoms. The molecule has 0 fully saturated rings. The number of hydrogen-bond acceptors (Lipinski definition) is 6. The van der Waals surface area contributed by atoms with Crippen LogP contribution in [0.3, 0.4) is 0 Å². The number of nitrogens with zero attached hydrogens (tertiary/aromatic N) is 1. The van der Waals surface area contributed by atoms with Crippen LogP contribution < -0.4 is 14.2 Å². The first-order valence-corrected chi connectivity index (χ1v) is 6.34. The van der Waals surface area contributed by atoms with E-state index in [0.29, 0.717) is 5.75 Å². The number of hydrogen-bond donors (Lipinski definition) is 0. The molecule has 8 heteroatoms. The highest BCUT2D eigenvalue weighted by Gasteiger charge is 2.20. The second-order valence-electron chi connectivity index (χ2n) is 4.33. The minimum atomic E-state index is -0.889. The molecule has 120 valence electrons. The van der Waals surface area contributed by atoms with Crippen molar-refractivity contribution >= 4 is 11.7 Å². The van der Waals surface area contributed by atoms with Crippen LogP contribution in [-0.2, 0) is 0 Å². The molecular formula is C15H12FNO6. The number of nitro groups is 1. The van der Waals surface area contributed by atoms with E-state index in [1.54, 1.807) is 0 Å². The summed E-state index contributed by atoms with van der Waals surface area (Å²) in [5, 5.41) is 10.9. The third-order valence-electron chi connectivity index (χ3n) is 2.94. The van der Waals surface area contributed by atoms with E-state index >= 15 is 0 Å². The summed E-state index contributed by atoms with van der Waals surface area (Å²) in [7, 11) is 2.83. The van der Waals surface area contributed by atoms with Crippen LogP contribution in [0.4, 0.5) is 10.1 Å². The van der Waals surface area contributed by atoms with Crippen molar-refractivity contribution in [3.05, 3.63) is 57.9 Å². The Hall–Kier alpha value is -3.16. The van der Waals surface area contributed by atoms with Crippen molar-refractivity contribution in [2.24, 2.45) is 0 Å². The van der Waals surface area contributed by atoms with Crippen molar-refractivity contribution in [3.8, 4) is 17.2 Å². The fourth-order valence-corrected chi connectivity index (χ4v) is 1.84. The molecule has 0 aliphatic heterocycles. The molecule has 0 saturated carbocycles. The molecule has 2 rings (SSSR count). The Bertz CT molecular complexity index is 762. The van der Waals surface area contributed by atoms with Crippen molar-refractivity contribution < 1.29 is 28.3 Å². The summed E-state index contributed by atoms with van der Waals surface area (Å²) in [6, 6.07) is 6.84. The lowest BCUT2D eigenvalue weighted by Gasteiger charge is -2.09. The fraction of sp³-hybridized carbons (Fsp3) is 0.133. The zero-order valence-corrected chi connectivity index (χ0v) is 12.2. The minimum Gasteiger partial charge on any atom is -0.493 e. The largest absolute Gasteiger partial charge is 0.493 e. The topological polar surface area (TPSA) is 87.9 Å². The van der Waals surface area contributed by atoms with E-state index in [2.05, 4.69) is 0 Å². The first-order valence-electron chi connectivity index (χ1n) is 6.34. The Morgan fingerprint density at radius 3 is 2.35 bits per heavy atom. The number of halogens is 1. The van der Waals surface area contributed by atoms with Crippen molar-refractivity contribution in [2.45, 2.75) is 0 Å². The number of benzene rings is 2. The van der Waals surface area contributed by atoms with E-state index in [1.807, 2.05) is 0 Å². The zero-order valence-electron chi connectivity index (χ0n) is 12.2. The number of nitro benzene ring substituents is 1.